The Morgan fingerprint density at radius 1 is 1.16 bits per heavy atom. The van der Waals surface area contributed by atoms with Crippen molar-refractivity contribution in [1.82, 2.24) is 9.97 Å². The molecule has 0 aromatic carbocycles. The van der Waals surface area contributed by atoms with Crippen molar-refractivity contribution in [2.75, 3.05) is 5.32 Å². The summed E-state index contributed by atoms with van der Waals surface area (Å²) in [5.74, 6) is 0.788. The minimum Gasteiger partial charge on any atom is -0.366 e. The normalized spacial score (nSPS) is 12.4. The predicted octanol–water partition coefficient (Wildman–Crippen LogP) is 4.85. The topological polar surface area (TPSA) is 37.8 Å². The number of aryl methyl sites for hydroxylation is 1. The van der Waals surface area contributed by atoms with Gasteiger partial charge in [-0.2, -0.15) is 0 Å². The standard InChI is InChI=1S/C15H26ClN3/c1-4-7-8-9-10-12(5-2)19-15-14(16)13(6-3)17-11-18-15/h11-12H,4-10H2,1-3H3,(H,17,18,19). The maximum atomic E-state index is 6.31. The fourth-order valence-electron chi connectivity index (χ4n) is 2.14. The third-order valence-electron chi connectivity index (χ3n) is 3.44. The molecule has 0 aliphatic heterocycles. The van der Waals surface area contributed by atoms with E-state index in [-0.39, 0.29) is 0 Å². The summed E-state index contributed by atoms with van der Waals surface area (Å²) in [5.41, 5.74) is 0.917. The highest BCUT2D eigenvalue weighted by Crippen LogP contribution is 2.24. The largest absolute Gasteiger partial charge is 0.366 e. The number of rotatable bonds is 9. The van der Waals surface area contributed by atoms with Crippen molar-refractivity contribution in [1.29, 1.82) is 0 Å². The van der Waals surface area contributed by atoms with Crippen LogP contribution in [-0.2, 0) is 6.42 Å². The van der Waals surface area contributed by atoms with E-state index in [9.17, 15) is 0 Å². The molecular formula is C15H26ClN3. The van der Waals surface area contributed by atoms with Crippen molar-refractivity contribution in [3.05, 3.63) is 17.0 Å². The summed E-state index contributed by atoms with van der Waals surface area (Å²) in [4.78, 5) is 8.46. The number of nitrogens with one attached hydrogen (secondary N) is 1. The fraction of sp³-hybridized carbons (Fsp3) is 0.733. The van der Waals surface area contributed by atoms with Crippen LogP contribution in [0.2, 0.25) is 5.02 Å². The Morgan fingerprint density at radius 2 is 1.95 bits per heavy atom. The van der Waals surface area contributed by atoms with E-state index in [4.69, 9.17) is 11.6 Å². The van der Waals surface area contributed by atoms with Crippen LogP contribution < -0.4 is 5.32 Å². The van der Waals surface area contributed by atoms with Crippen LogP contribution in [0.1, 0.15) is 65.0 Å². The van der Waals surface area contributed by atoms with Crippen molar-refractivity contribution < 1.29 is 0 Å². The number of aromatic nitrogens is 2. The Kier molecular flexibility index (Phi) is 7.80. The average molecular weight is 284 g/mol. The molecule has 3 nitrogen and oxygen atoms in total. The van der Waals surface area contributed by atoms with Crippen LogP contribution in [0, 0.1) is 0 Å². The Bertz CT molecular complexity index is 368. The second-order valence-corrected chi connectivity index (χ2v) is 5.31. The number of halogens is 1. The zero-order valence-corrected chi connectivity index (χ0v) is 13.1. The van der Waals surface area contributed by atoms with E-state index >= 15 is 0 Å². The lowest BCUT2D eigenvalue weighted by Gasteiger charge is -2.18. The van der Waals surface area contributed by atoms with Gasteiger partial charge in [0.15, 0.2) is 0 Å². The molecule has 0 aliphatic rings. The highest BCUT2D eigenvalue weighted by Gasteiger charge is 2.12. The lowest BCUT2D eigenvalue weighted by Crippen LogP contribution is -2.19. The third kappa shape index (κ3) is 5.35. The lowest BCUT2D eigenvalue weighted by molar-refractivity contribution is 0.559. The summed E-state index contributed by atoms with van der Waals surface area (Å²) < 4.78 is 0. The lowest BCUT2D eigenvalue weighted by atomic mass is 10.1. The van der Waals surface area contributed by atoms with Gasteiger partial charge in [-0.3, -0.25) is 0 Å². The van der Waals surface area contributed by atoms with Crippen molar-refractivity contribution in [2.24, 2.45) is 0 Å². The predicted molar refractivity (Wildman–Crippen MR) is 82.9 cm³/mol. The number of anilines is 1. The molecule has 108 valence electrons. The van der Waals surface area contributed by atoms with E-state index in [2.05, 4.69) is 36.1 Å². The minimum absolute atomic E-state index is 0.453. The zero-order valence-electron chi connectivity index (χ0n) is 12.4. The summed E-state index contributed by atoms with van der Waals surface area (Å²) in [6.07, 6.45) is 9.88. The molecule has 1 aromatic heterocycles. The summed E-state index contributed by atoms with van der Waals surface area (Å²) in [7, 11) is 0. The molecule has 19 heavy (non-hydrogen) atoms. The first-order valence-corrected chi connectivity index (χ1v) is 7.86. The van der Waals surface area contributed by atoms with Crippen LogP contribution in [0.25, 0.3) is 0 Å². The molecule has 1 aromatic rings. The molecular weight excluding hydrogens is 258 g/mol. The van der Waals surface area contributed by atoms with Gasteiger partial charge in [-0.15, -0.1) is 0 Å². The number of unbranched alkanes of at least 4 members (excludes halogenated alkanes) is 3. The van der Waals surface area contributed by atoms with Crippen LogP contribution in [0.5, 0.6) is 0 Å². The van der Waals surface area contributed by atoms with Crippen LogP contribution in [0.4, 0.5) is 5.82 Å². The Balaban J connectivity index is 2.55. The van der Waals surface area contributed by atoms with Gasteiger partial charge in [-0.25, -0.2) is 9.97 Å². The Hall–Kier alpha value is -0.830. The van der Waals surface area contributed by atoms with Gasteiger partial charge >= 0.3 is 0 Å². The molecule has 0 amide bonds. The first-order valence-electron chi connectivity index (χ1n) is 7.48. The molecule has 0 spiro atoms. The molecule has 0 fully saturated rings. The highest BCUT2D eigenvalue weighted by molar-refractivity contribution is 6.33. The van der Waals surface area contributed by atoms with Gasteiger partial charge in [-0.05, 0) is 19.3 Å². The van der Waals surface area contributed by atoms with Gasteiger partial charge in [0.05, 0.1) is 5.69 Å². The van der Waals surface area contributed by atoms with Crippen LogP contribution in [0.15, 0.2) is 6.33 Å². The maximum absolute atomic E-state index is 6.31. The van der Waals surface area contributed by atoms with Crippen molar-refractivity contribution in [2.45, 2.75) is 71.8 Å². The molecule has 0 saturated heterocycles. The van der Waals surface area contributed by atoms with Gasteiger partial charge < -0.3 is 5.32 Å². The van der Waals surface area contributed by atoms with E-state index in [1.165, 1.54) is 32.1 Å². The van der Waals surface area contributed by atoms with Gasteiger partial charge in [0, 0.05) is 6.04 Å². The van der Waals surface area contributed by atoms with E-state index in [1.54, 1.807) is 6.33 Å². The average Bonchev–Trinajstić information content (AvgIpc) is 2.44. The van der Waals surface area contributed by atoms with Crippen molar-refractivity contribution >= 4 is 17.4 Å². The van der Waals surface area contributed by atoms with Gasteiger partial charge in [-0.1, -0.05) is 58.1 Å². The molecule has 1 atom stereocenters. The maximum Gasteiger partial charge on any atom is 0.148 e. The second-order valence-electron chi connectivity index (χ2n) is 4.94. The second kappa shape index (κ2) is 9.13. The van der Waals surface area contributed by atoms with Crippen molar-refractivity contribution in [3.63, 3.8) is 0 Å². The quantitative estimate of drug-likeness (QED) is 0.658. The highest BCUT2D eigenvalue weighted by atomic mass is 35.5. The first kappa shape index (κ1) is 16.2. The molecule has 1 heterocycles. The molecule has 1 unspecified atom stereocenters. The molecule has 0 saturated carbocycles. The summed E-state index contributed by atoms with van der Waals surface area (Å²) in [5, 5.41) is 4.14. The molecule has 1 rings (SSSR count). The monoisotopic (exact) mass is 283 g/mol. The first-order chi connectivity index (χ1) is 9.22. The minimum atomic E-state index is 0.453. The SMILES string of the molecule is CCCCCCC(CC)Nc1ncnc(CC)c1Cl. The Labute approximate surface area is 122 Å². The number of hydrogen-bond donors (Lipinski definition) is 1. The van der Waals surface area contributed by atoms with Gasteiger partial charge in [0.1, 0.15) is 17.2 Å². The number of nitrogens with zero attached hydrogens (tertiary/aromatic N) is 2. The van der Waals surface area contributed by atoms with Gasteiger partial charge in [0.2, 0.25) is 0 Å². The van der Waals surface area contributed by atoms with Crippen molar-refractivity contribution in [3.8, 4) is 0 Å². The summed E-state index contributed by atoms with van der Waals surface area (Å²) >= 11 is 6.31. The summed E-state index contributed by atoms with van der Waals surface area (Å²) in [6.45, 7) is 6.50. The molecule has 4 heteroatoms. The fourth-order valence-corrected chi connectivity index (χ4v) is 2.43. The van der Waals surface area contributed by atoms with Crippen LogP contribution in [-0.4, -0.2) is 16.0 Å². The molecule has 0 bridgehead atoms. The van der Waals surface area contributed by atoms with E-state index < -0.39 is 0 Å². The molecule has 0 radical (unpaired) electrons. The van der Waals surface area contributed by atoms with Crippen LogP contribution in [0.3, 0.4) is 0 Å². The zero-order chi connectivity index (χ0) is 14.1. The third-order valence-corrected chi connectivity index (χ3v) is 3.83. The molecule has 1 N–H and O–H groups in total. The van der Waals surface area contributed by atoms with Gasteiger partial charge in [0.25, 0.3) is 0 Å². The van der Waals surface area contributed by atoms with E-state index in [0.29, 0.717) is 11.1 Å². The summed E-state index contributed by atoms with van der Waals surface area (Å²) in [6, 6.07) is 0.453. The Morgan fingerprint density at radius 3 is 2.58 bits per heavy atom. The molecule has 0 aliphatic carbocycles. The smallest absolute Gasteiger partial charge is 0.148 e. The van der Waals surface area contributed by atoms with E-state index in [0.717, 1.165) is 24.4 Å². The van der Waals surface area contributed by atoms with Crippen LogP contribution >= 0.6 is 11.6 Å². The number of hydrogen-bond acceptors (Lipinski definition) is 3. The van der Waals surface area contributed by atoms with E-state index in [1.807, 2.05) is 0 Å².